The molecule has 1 aromatic heterocycles. The number of aryl methyl sites for hydroxylation is 1. The number of hydrogen-bond acceptors (Lipinski definition) is 3. The van der Waals surface area contributed by atoms with Crippen molar-refractivity contribution in [2.75, 3.05) is 19.4 Å². The van der Waals surface area contributed by atoms with Gasteiger partial charge in [0.1, 0.15) is 0 Å². The number of aromatic nitrogens is 1. The maximum absolute atomic E-state index is 4.59. The number of nitrogens with one attached hydrogen (secondary N) is 1. The SMILES string of the molecule is Cc1cc(Nc2cccc(CN(C)C)c2)c2ccccc2n1. The standard InChI is InChI=1S/C19H21N3/c1-14-11-19(17-9-4-5-10-18(17)20-14)21-16-8-6-7-15(12-16)13-22(2)3/h4-12H,13H2,1-3H3,(H,20,21). The van der Waals surface area contributed by atoms with E-state index in [4.69, 9.17) is 0 Å². The van der Waals surface area contributed by atoms with Gasteiger partial charge >= 0.3 is 0 Å². The summed E-state index contributed by atoms with van der Waals surface area (Å²) in [5, 5.41) is 4.69. The van der Waals surface area contributed by atoms with Gasteiger partial charge in [0.2, 0.25) is 0 Å². The number of rotatable bonds is 4. The lowest BCUT2D eigenvalue weighted by atomic mass is 10.1. The van der Waals surface area contributed by atoms with Crippen LogP contribution in [-0.2, 0) is 6.54 Å². The minimum absolute atomic E-state index is 0.936. The molecule has 3 nitrogen and oxygen atoms in total. The van der Waals surface area contributed by atoms with Gasteiger partial charge in [-0.25, -0.2) is 0 Å². The van der Waals surface area contributed by atoms with E-state index in [2.05, 4.69) is 71.8 Å². The van der Waals surface area contributed by atoms with Crippen molar-refractivity contribution in [2.24, 2.45) is 0 Å². The molecule has 0 saturated heterocycles. The molecule has 22 heavy (non-hydrogen) atoms. The Morgan fingerprint density at radius 3 is 2.64 bits per heavy atom. The fourth-order valence-electron chi connectivity index (χ4n) is 2.68. The van der Waals surface area contributed by atoms with Crippen LogP contribution in [0.3, 0.4) is 0 Å². The number of hydrogen-bond donors (Lipinski definition) is 1. The Bertz CT molecular complexity index is 794. The molecule has 0 aliphatic carbocycles. The van der Waals surface area contributed by atoms with Crippen LogP contribution in [0.5, 0.6) is 0 Å². The van der Waals surface area contributed by atoms with Gasteiger partial charge in [-0.3, -0.25) is 4.98 Å². The molecule has 3 heteroatoms. The zero-order chi connectivity index (χ0) is 15.5. The van der Waals surface area contributed by atoms with E-state index in [1.165, 1.54) is 5.56 Å². The Balaban J connectivity index is 1.96. The monoisotopic (exact) mass is 291 g/mol. The predicted octanol–water partition coefficient (Wildman–Crippen LogP) is 4.35. The van der Waals surface area contributed by atoms with Crippen LogP contribution in [0.2, 0.25) is 0 Å². The van der Waals surface area contributed by atoms with Crippen LogP contribution in [0, 0.1) is 6.92 Å². The second kappa shape index (κ2) is 6.16. The van der Waals surface area contributed by atoms with Crippen LogP contribution in [0.4, 0.5) is 11.4 Å². The number of benzene rings is 2. The van der Waals surface area contributed by atoms with E-state index in [9.17, 15) is 0 Å². The second-order valence-corrected chi connectivity index (χ2v) is 5.89. The predicted molar refractivity (Wildman–Crippen MR) is 93.6 cm³/mol. The molecule has 0 aliphatic rings. The fourth-order valence-corrected chi connectivity index (χ4v) is 2.68. The van der Waals surface area contributed by atoms with Crippen LogP contribution in [0.25, 0.3) is 10.9 Å². The van der Waals surface area contributed by atoms with Crippen molar-refractivity contribution in [3.05, 3.63) is 65.9 Å². The average molecular weight is 291 g/mol. The summed E-state index contributed by atoms with van der Waals surface area (Å²) in [7, 11) is 4.17. The van der Waals surface area contributed by atoms with Crippen molar-refractivity contribution in [1.29, 1.82) is 0 Å². The highest BCUT2D eigenvalue weighted by atomic mass is 15.0. The van der Waals surface area contributed by atoms with Crippen molar-refractivity contribution in [1.82, 2.24) is 9.88 Å². The molecule has 0 unspecified atom stereocenters. The van der Waals surface area contributed by atoms with Crippen LogP contribution in [-0.4, -0.2) is 24.0 Å². The summed E-state index contributed by atoms with van der Waals surface area (Å²) >= 11 is 0. The summed E-state index contributed by atoms with van der Waals surface area (Å²) in [6.07, 6.45) is 0. The van der Waals surface area contributed by atoms with Gasteiger partial charge in [0, 0.05) is 29.0 Å². The number of pyridine rings is 1. The second-order valence-electron chi connectivity index (χ2n) is 5.89. The zero-order valence-corrected chi connectivity index (χ0v) is 13.3. The Hall–Kier alpha value is -2.39. The highest BCUT2D eigenvalue weighted by molar-refractivity contribution is 5.93. The smallest absolute Gasteiger partial charge is 0.0726 e. The molecule has 3 aromatic rings. The number of nitrogens with zero attached hydrogens (tertiary/aromatic N) is 2. The highest BCUT2D eigenvalue weighted by Crippen LogP contribution is 2.26. The van der Waals surface area contributed by atoms with Gasteiger partial charge in [0.15, 0.2) is 0 Å². The van der Waals surface area contributed by atoms with E-state index in [0.29, 0.717) is 0 Å². The lowest BCUT2D eigenvalue weighted by molar-refractivity contribution is 0.402. The Kier molecular flexibility index (Phi) is 4.07. The molecule has 1 heterocycles. The molecule has 0 saturated carbocycles. The van der Waals surface area contributed by atoms with Gasteiger partial charge in [-0.1, -0.05) is 30.3 Å². The summed E-state index contributed by atoms with van der Waals surface area (Å²) in [5.74, 6) is 0. The third kappa shape index (κ3) is 3.26. The maximum Gasteiger partial charge on any atom is 0.0726 e. The zero-order valence-electron chi connectivity index (χ0n) is 13.3. The summed E-state index contributed by atoms with van der Waals surface area (Å²) in [5.41, 5.74) is 5.55. The largest absolute Gasteiger partial charge is 0.355 e. The van der Waals surface area contributed by atoms with E-state index in [-0.39, 0.29) is 0 Å². The number of fused-ring (bicyclic) bond motifs is 1. The molecule has 0 radical (unpaired) electrons. The minimum atomic E-state index is 0.936. The van der Waals surface area contributed by atoms with E-state index in [1.807, 2.05) is 19.1 Å². The first kappa shape index (κ1) is 14.5. The highest BCUT2D eigenvalue weighted by Gasteiger charge is 2.05. The van der Waals surface area contributed by atoms with E-state index in [0.717, 1.165) is 34.5 Å². The first-order valence-corrected chi connectivity index (χ1v) is 7.49. The fraction of sp³-hybridized carbons (Fsp3) is 0.211. The summed E-state index contributed by atoms with van der Waals surface area (Å²) < 4.78 is 0. The van der Waals surface area contributed by atoms with Crippen LogP contribution in [0.15, 0.2) is 54.6 Å². The Morgan fingerprint density at radius 1 is 1.00 bits per heavy atom. The Morgan fingerprint density at radius 2 is 1.82 bits per heavy atom. The molecule has 0 atom stereocenters. The van der Waals surface area contributed by atoms with Gasteiger partial charge in [0.25, 0.3) is 0 Å². The van der Waals surface area contributed by atoms with Crippen molar-refractivity contribution in [2.45, 2.75) is 13.5 Å². The molecule has 0 spiro atoms. The molecule has 0 fully saturated rings. The molecule has 3 rings (SSSR count). The topological polar surface area (TPSA) is 28.2 Å². The maximum atomic E-state index is 4.59. The summed E-state index contributed by atoms with van der Waals surface area (Å²) in [6, 6.07) is 18.9. The van der Waals surface area contributed by atoms with Gasteiger partial charge in [-0.15, -0.1) is 0 Å². The van der Waals surface area contributed by atoms with Crippen LogP contribution < -0.4 is 5.32 Å². The quantitative estimate of drug-likeness (QED) is 0.774. The molecular weight excluding hydrogens is 270 g/mol. The third-order valence-corrected chi connectivity index (χ3v) is 3.55. The summed E-state index contributed by atoms with van der Waals surface area (Å²) in [6.45, 7) is 2.96. The molecule has 0 aliphatic heterocycles. The van der Waals surface area contributed by atoms with Crippen molar-refractivity contribution in [3.63, 3.8) is 0 Å². The molecular formula is C19H21N3. The van der Waals surface area contributed by atoms with Crippen LogP contribution >= 0.6 is 0 Å². The molecule has 0 amide bonds. The minimum Gasteiger partial charge on any atom is -0.355 e. The average Bonchev–Trinajstić information content (AvgIpc) is 2.46. The number of anilines is 2. The van der Waals surface area contributed by atoms with Gasteiger partial charge < -0.3 is 10.2 Å². The van der Waals surface area contributed by atoms with E-state index in [1.54, 1.807) is 0 Å². The lowest BCUT2D eigenvalue weighted by Gasteiger charge is -2.13. The molecule has 112 valence electrons. The molecule has 2 aromatic carbocycles. The van der Waals surface area contributed by atoms with Crippen molar-refractivity contribution in [3.8, 4) is 0 Å². The van der Waals surface area contributed by atoms with E-state index < -0.39 is 0 Å². The lowest BCUT2D eigenvalue weighted by Crippen LogP contribution is -2.10. The first-order chi connectivity index (χ1) is 10.6. The third-order valence-electron chi connectivity index (χ3n) is 3.55. The van der Waals surface area contributed by atoms with E-state index >= 15 is 0 Å². The van der Waals surface area contributed by atoms with Crippen molar-refractivity contribution < 1.29 is 0 Å². The van der Waals surface area contributed by atoms with Gasteiger partial charge in [0.05, 0.1) is 5.52 Å². The molecule has 0 bridgehead atoms. The van der Waals surface area contributed by atoms with Gasteiger partial charge in [-0.05, 0) is 50.8 Å². The molecule has 1 N–H and O–H groups in total. The number of para-hydroxylation sites is 1. The first-order valence-electron chi connectivity index (χ1n) is 7.49. The van der Waals surface area contributed by atoms with Gasteiger partial charge in [-0.2, -0.15) is 0 Å². The van der Waals surface area contributed by atoms with Crippen molar-refractivity contribution >= 4 is 22.3 Å². The normalized spacial score (nSPS) is 11.1. The summed E-state index contributed by atoms with van der Waals surface area (Å²) in [4.78, 5) is 6.76. The van der Waals surface area contributed by atoms with Crippen LogP contribution in [0.1, 0.15) is 11.3 Å². The Labute approximate surface area is 131 Å².